The van der Waals surface area contributed by atoms with Crippen molar-refractivity contribution in [3.63, 3.8) is 0 Å². The highest BCUT2D eigenvalue weighted by molar-refractivity contribution is 5.78. The second-order valence-corrected chi connectivity index (χ2v) is 5.45. The maximum absolute atomic E-state index is 11.7. The van der Waals surface area contributed by atoms with Crippen LogP contribution in [0.25, 0.3) is 0 Å². The Kier molecular flexibility index (Phi) is 5.15. The predicted octanol–water partition coefficient (Wildman–Crippen LogP) is -0.935. The van der Waals surface area contributed by atoms with E-state index in [0.717, 1.165) is 25.9 Å². The van der Waals surface area contributed by atoms with Crippen LogP contribution in [-0.4, -0.2) is 62.0 Å². The minimum atomic E-state index is 0.0520. The maximum Gasteiger partial charge on any atom is 0.234 e. The number of carbonyl (C=O) groups excluding carboxylic acids is 2. The van der Waals surface area contributed by atoms with Crippen LogP contribution in [0.5, 0.6) is 0 Å². The summed E-state index contributed by atoms with van der Waals surface area (Å²) in [5.74, 6) is 0.146. The summed E-state index contributed by atoms with van der Waals surface area (Å²) in [5, 5.41) is 8.90. The number of nitrogens with one attached hydrogen (secondary N) is 3. The number of likely N-dealkylation sites (N-methyl/N-ethyl adjacent to an activating group) is 1. The quantitative estimate of drug-likeness (QED) is 0.582. The molecule has 2 fully saturated rings. The van der Waals surface area contributed by atoms with Gasteiger partial charge in [0.05, 0.1) is 13.1 Å². The minimum Gasteiger partial charge on any atom is -0.358 e. The second-order valence-electron chi connectivity index (χ2n) is 5.45. The standard InChI is InChI=1S/C13H24N4O2/c1-14-13(19)9-17-6-4-11(5-7-17)16-12(18)8-15-10-2-3-10/h10-11,15H,2-9H2,1H3,(H,14,19)(H,16,18). The zero-order chi connectivity index (χ0) is 13.7. The molecule has 2 rings (SSSR count). The van der Waals surface area contributed by atoms with Crippen molar-refractivity contribution in [1.82, 2.24) is 20.9 Å². The van der Waals surface area contributed by atoms with Gasteiger partial charge in [0, 0.05) is 32.2 Å². The number of hydrogen-bond acceptors (Lipinski definition) is 4. The summed E-state index contributed by atoms with van der Waals surface area (Å²) in [4.78, 5) is 25.1. The van der Waals surface area contributed by atoms with Gasteiger partial charge in [0.15, 0.2) is 0 Å². The topological polar surface area (TPSA) is 73.5 Å². The van der Waals surface area contributed by atoms with E-state index >= 15 is 0 Å². The molecule has 6 nitrogen and oxygen atoms in total. The van der Waals surface area contributed by atoms with Crippen LogP contribution in [0.1, 0.15) is 25.7 Å². The molecule has 2 amide bonds. The van der Waals surface area contributed by atoms with Crippen LogP contribution in [0.3, 0.4) is 0 Å². The highest BCUT2D eigenvalue weighted by atomic mass is 16.2. The maximum atomic E-state index is 11.7. The molecule has 0 spiro atoms. The van der Waals surface area contributed by atoms with Crippen LogP contribution < -0.4 is 16.0 Å². The zero-order valence-electron chi connectivity index (χ0n) is 11.6. The molecule has 0 radical (unpaired) electrons. The number of rotatable bonds is 6. The molecule has 1 saturated carbocycles. The van der Waals surface area contributed by atoms with Gasteiger partial charge in [0.25, 0.3) is 0 Å². The van der Waals surface area contributed by atoms with Crippen molar-refractivity contribution in [3.8, 4) is 0 Å². The first-order valence-corrected chi connectivity index (χ1v) is 7.13. The van der Waals surface area contributed by atoms with Crippen molar-refractivity contribution in [2.45, 2.75) is 37.8 Å². The molecular weight excluding hydrogens is 244 g/mol. The van der Waals surface area contributed by atoms with Crippen LogP contribution in [0.15, 0.2) is 0 Å². The van der Waals surface area contributed by atoms with Crippen LogP contribution in [0.4, 0.5) is 0 Å². The summed E-state index contributed by atoms with van der Waals surface area (Å²) in [6.07, 6.45) is 4.24. The summed E-state index contributed by atoms with van der Waals surface area (Å²) in [6.45, 7) is 2.63. The van der Waals surface area contributed by atoms with Gasteiger partial charge in [-0.15, -0.1) is 0 Å². The third-order valence-electron chi connectivity index (χ3n) is 3.73. The number of amides is 2. The van der Waals surface area contributed by atoms with Gasteiger partial charge >= 0.3 is 0 Å². The molecule has 1 aliphatic carbocycles. The van der Waals surface area contributed by atoms with Crippen molar-refractivity contribution in [3.05, 3.63) is 0 Å². The first kappa shape index (κ1) is 14.3. The van der Waals surface area contributed by atoms with E-state index in [9.17, 15) is 9.59 Å². The van der Waals surface area contributed by atoms with Crippen LogP contribution >= 0.6 is 0 Å². The van der Waals surface area contributed by atoms with Crippen LogP contribution in [0.2, 0.25) is 0 Å². The van der Waals surface area contributed by atoms with Crippen LogP contribution in [0, 0.1) is 0 Å². The lowest BCUT2D eigenvalue weighted by atomic mass is 10.1. The van der Waals surface area contributed by atoms with Crippen molar-refractivity contribution in [1.29, 1.82) is 0 Å². The fourth-order valence-corrected chi connectivity index (χ4v) is 2.32. The summed E-state index contributed by atoms with van der Waals surface area (Å²) in [6, 6.07) is 0.828. The second kappa shape index (κ2) is 6.86. The van der Waals surface area contributed by atoms with Crippen molar-refractivity contribution >= 4 is 11.8 Å². The summed E-state index contributed by atoms with van der Waals surface area (Å²) >= 11 is 0. The number of hydrogen-bond donors (Lipinski definition) is 3. The van der Waals surface area contributed by atoms with Gasteiger partial charge in [0.1, 0.15) is 0 Å². The van der Waals surface area contributed by atoms with E-state index in [4.69, 9.17) is 0 Å². The smallest absolute Gasteiger partial charge is 0.234 e. The Labute approximate surface area is 114 Å². The number of nitrogens with zero attached hydrogens (tertiary/aromatic N) is 1. The molecule has 108 valence electrons. The predicted molar refractivity (Wildman–Crippen MR) is 72.7 cm³/mol. The summed E-state index contributed by atoms with van der Waals surface area (Å²) < 4.78 is 0. The van der Waals surface area contributed by atoms with E-state index in [-0.39, 0.29) is 17.9 Å². The van der Waals surface area contributed by atoms with Crippen molar-refractivity contribution < 1.29 is 9.59 Å². The Morgan fingerprint density at radius 2 is 1.74 bits per heavy atom. The average molecular weight is 268 g/mol. The van der Waals surface area contributed by atoms with E-state index in [0.29, 0.717) is 19.1 Å². The molecule has 6 heteroatoms. The lowest BCUT2D eigenvalue weighted by molar-refractivity contribution is -0.123. The van der Waals surface area contributed by atoms with Gasteiger partial charge < -0.3 is 16.0 Å². The molecule has 1 aliphatic heterocycles. The Balaban J connectivity index is 1.59. The highest BCUT2D eigenvalue weighted by Gasteiger charge is 2.24. The first-order chi connectivity index (χ1) is 9.17. The highest BCUT2D eigenvalue weighted by Crippen LogP contribution is 2.18. The molecule has 2 aliphatic rings. The number of piperidine rings is 1. The van der Waals surface area contributed by atoms with E-state index in [1.165, 1.54) is 12.8 Å². The molecule has 1 heterocycles. The molecule has 3 N–H and O–H groups in total. The number of carbonyl (C=O) groups is 2. The number of likely N-dealkylation sites (tertiary alicyclic amines) is 1. The minimum absolute atomic E-state index is 0.0520. The normalized spacial score (nSPS) is 21.1. The van der Waals surface area contributed by atoms with E-state index in [2.05, 4.69) is 20.9 Å². The van der Waals surface area contributed by atoms with E-state index in [1.807, 2.05) is 0 Å². The zero-order valence-corrected chi connectivity index (χ0v) is 11.6. The summed E-state index contributed by atoms with van der Waals surface area (Å²) in [7, 11) is 1.65. The first-order valence-electron chi connectivity index (χ1n) is 7.13. The molecular formula is C13H24N4O2. The third kappa shape index (κ3) is 5.16. The largest absolute Gasteiger partial charge is 0.358 e. The molecule has 0 unspecified atom stereocenters. The van der Waals surface area contributed by atoms with Gasteiger partial charge in [-0.05, 0) is 25.7 Å². The van der Waals surface area contributed by atoms with Crippen molar-refractivity contribution in [2.75, 3.05) is 33.2 Å². The average Bonchev–Trinajstić information content (AvgIpc) is 3.22. The van der Waals surface area contributed by atoms with Crippen molar-refractivity contribution in [2.24, 2.45) is 0 Å². The lowest BCUT2D eigenvalue weighted by Crippen LogP contribution is -2.48. The van der Waals surface area contributed by atoms with Gasteiger partial charge in [-0.25, -0.2) is 0 Å². The fraction of sp³-hybridized carbons (Fsp3) is 0.846. The fourth-order valence-electron chi connectivity index (χ4n) is 2.32. The molecule has 19 heavy (non-hydrogen) atoms. The SMILES string of the molecule is CNC(=O)CN1CCC(NC(=O)CNC2CC2)CC1. The van der Waals surface area contributed by atoms with Gasteiger partial charge in [-0.3, -0.25) is 14.5 Å². The van der Waals surface area contributed by atoms with E-state index in [1.54, 1.807) is 7.05 Å². The molecule has 0 atom stereocenters. The Hall–Kier alpha value is -1.14. The van der Waals surface area contributed by atoms with Gasteiger partial charge in [-0.2, -0.15) is 0 Å². The molecule has 0 aromatic carbocycles. The van der Waals surface area contributed by atoms with Crippen LogP contribution in [-0.2, 0) is 9.59 Å². The Morgan fingerprint density at radius 3 is 2.32 bits per heavy atom. The van der Waals surface area contributed by atoms with E-state index < -0.39 is 0 Å². The monoisotopic (exact) mass is 268 g/mol. The summed E-state index contributed by atoms with van der Waals surface area (Å²) in [5.41, 5.74) is 0. The molecule has 0 aromatic rings. The van der Waals surface area contributed by atoms with Gasteiger partial charge in [-0.1, -0.05) is 0 Å². The molecule has 1 saturated heterocycles. The molecule has 0 bridgehead atoms. The molecule has 0 aromatic heterocycles. The Bertz CT molecular complexity index is 323. The lowest BCUT2D eigenvalue weighted by Gasteiger charge is -2.31. The third-order valence-corrected chi connectivity index (χ3v) is 3.73. The Morgan fingerprint density at radius 1 is 1.05 bits per heavy atom. The van der Waals surface area contributed by atoms with Gasteiger partial charge in [0.2, 0.25) is 11.8 Å².